The maximum atomic E-state index is 13.0. The number of carbonyl (C=O) groups is 1. The van der Waals surface area contributed by atoms with Crippen molar-refractivity contribution < 1.29 is 19.0 Å². The Bertz CT molecular complexity index is 1250. The van der Waals surface area contributed by atoms with E-state index in [4.69, 9.17) is 14.2 Å². The number of ether oxygens (including phenoxy) is 3. The highest BCUT2D eigenvalue weighted by atomic mass is 16.5. The zero-order chi connectivity index (χ0) is 25.9. The van der Waals surface area contributed by atoms with Crippen molar-refractivity contribution in [1.82, 2.24) is 5.01 Å². The topological polar surface area (TPSA) is 60.4 Å². The van der Waals surface area contributed by atoms with Crippen LogP contribution in [-0.2, 0) is 20.9 Å². The molecule has 3 aromatic carbocycles. The first-order valence-electron chi connectivity index (χ1n) is 12.0. The van der Waals surface area contributed by atoms with Crippen molar-refractivity contribution in [2.75, 3.05) is 7.11 Å². The summed E-state index contributed by atoms with van der Waals surface area (Å²) < 4.78 is 17.7. The molecule has 36 heavy (non-hydrogen) atoms. The molecule has 6 nitrogen and oxygen atoms in total. The fourth-order valence-corrected chi connectivity index (χ4v) is 3.79. The second-order valence-corrected chi connectivity index (χ2v) is 7.40. The average molecular weight is 485 g/mol. The number of fused-ring (bicyclic) bond motifs is 1. The number of hydrazone groups is 1. The number of rotatable bonds is 7. The van der Waals surface area contributed by atoms with Crippen molar-refractivity contribution in [3.05, 3.63) is 107 Å². The summed E-state index contributed by atoms with van der Waals surface area (Å²) in [5.74, 6) is 1.15. The van der Waals surface area contributed by atoms with Crippen LogP contribution in [0.5, 0.6) is 11.5 Å². The van der Waals surface area contributed by atoms with E-state index in [1.807, 2.05) is 106 Å². The largest absolute Gasteiger partial charge is 0.486 e. The SMILES string of the molecule is C/C=N\N1C(C(=O)OC)=C(OCc2ccccc2)c2cccc(Oc3ccccc3)c2/C1=C\C.CC. The lowest BCUT2D eigenvalue weighted by Gasteiger charge is -2.32. The van der Waals surface area contributed by atoms with Crippen LogP contribution in [0.15, 0.2) is 95.7 Å². The number of benzene rings is 3. The van der Waals surface area contributed by atoms with E-state index in [1.54, 1.807) is 18.1 Å². The molecule has 1 aliphatic rings. The molecule has 4 rings (SSSR count). The standard InChI is InChI=1S/C28H26N2O4.C2H6/c1-4-23-25-22(17-12-18-24(25)34-21-15-10-7-11-16-21)27(33-19-20-13-8-6-9-14-20)26(28(31)32-3)30(23)29-5-2;1-2/h4-18H,19H2,1-3H3;1-2H3/b23-4+,29-5-;. The van der Waals surface area contributed by atoms with E-state index >= 15 is 0 Å². The Balaban J connectivity index is 0.00000176. The van der Waals surface area contributed by atoms with Gasteiger partial charge in [-0.1, -0.05) is 80.6 Å². The summed E-state index contributed by atoms with van der Waals surface area (Å²) in [6, 6.07) is 25.0. The van der Waals surface area contributed by atoms with Crippen LogP contribution in [0.25, 0.3) is 11.5 Å². The molecule has 0 aromatic heterocycles. The molecular formula is C30H32N2O4. The van der Waals surface area contributed by atoms with Crippen molar-refractivity contribution in [2.24, 2.45) is 5.10 Å². The van der Waals surface area contributed by atoms with Gasteiger partial charge in [0.25, 0.3) is 0 Å². The lowest BCUT2D eigenvalue weighted by Crippen LogP contribution is -2.29. The van der Waals surface area contributed by atoms with Gasteiger partial charge in [0.15, 0.2) is 11.5 Å². The Morgan fingerprint density at radius 2 is 1.58 bits per heavy atom. The van der Waals surface area contributed by atoms with Crippen LogP contribution < -0.4 is 4.74 Å². The van der Waals surface area contributed by atoms with Gasteiger partial charge in [0.1, 0.15) is 18.1 Å². The first kappa shape index (κ1) is 26.3. The predicted octanol–water partition coefficient (Wildman–Crippen LogP) is 7.25. The van der Waals surface area contributed by atoms with E-state index in [2.05, 4.69) is 5.10 Å². The van der Waals surface area contributed by atoms with Gasteiger partial charge in [0.05, 0.1) is 18.4 Å². The summed E-state index contributed by atoms with van der Waals surface area (Å²) in [6.45, 7) is 7.95. The molecule has 1 aliphatic heterocycles. The Morgan fingerprint density at radius 1 is 0.917 bits per heavy atom. The van der Waals surface area contributed by atoms with Crippen molar-refractivity contribution in [3.8, 4) is 11.5 Å². The predicted molar refractivity (Wildman–Crippen MR) is 144 cm³/mol. The molecule has 0 saturated carbocycles. The molecule has 0 bridgehead atoms. The molecule has 0 unspecified atom stereocenters. The Morgan fingerprint density at radius 3 is 2.19 bits per heavy atom. The summed E-state index contributed by atoms with van der Waals surface area (Å²) in [6.07, 6.45) is 3.51. The quantitative estimate of drug-likeness (QED) is 0.261. The minimum absolute atomic E-state index is 0.203. The van der Waals surface area contributed by atoms with Gasteiger partial charge in [0.2, 0.25) is 0 Å². The van der Waals surface area contributed by atoms with Crippen molar-refractivity contribution in [3.63, 3.8) is 0 Å². The van der Waals surface area contributed by atoms with Crippen LogP contribution in [-0.4, -0.2) is 24.3 Å². The summed E-state index contributed by atoms with van der Waals surface area (Å²) in [5, 5.41) is 6.03. The number of nitrogens with zero attached hydrogens (tertiary/aromatic N) is 2. The Labute approximate surface area is 213 Å². The minimum Gasteiger partial charge on any atom is -0.486 e. The lowest BCUT2D eigenvalue weighted by molar-refractivity contribution is -0.137. The molecule has 0 amide bonds. The van der Waals surface area contributed by atoms with Gasteiger partial charge in [-0.05, 0) is 37.6 Å². The molecule has 0 fully saturated rings. The third kappa shape index (κ3) is 5.66. The molecular weight excluding hydrogens is 452 g/mol. The van der Waals surface area contributed by atoms with Gasteiger partial charge in [-0.3, -0.25) is 0 Å². The van der Waals surface area contributed by atoms with Gasteiger partial charge in [-0.25, -0.2) is 9.80 Å². The molecule has 0 saturated heterocycles. The number of esters is 1. The third-order valence-electron chi connectivity index (χ3n) is 5.26. The van der Waals surface area contributed by atoms with Gasteiger partial charge >= 0.3 is 5.97 Å². The summed E-state index contributed by atoms with van der Waals surface area (Å²) in [4.78, 5) is 13.0. The molecule has 186 valence electrons. The van der Waals surface area contributed by atoms with Crippen molar-refractivity contribution in [2.45, 2.75) is 34.3 Å². The minimum atomic E-state index is -0.548. The molecule has 6 heteroatoms. The van der Waals surface area contributed by atoms with Crippen LogP contribution in [0, 0.1) is 0 Å². The molecule has 0 radical (unpaired) electrons. The average Bonchev–Trinajstić information content (AvgIpc) is 2.94. The number of hydrogen-bond acceptors (Lipinski definition) is 6. The summed E-state index contributed by atoms with van der Waals surface area (Å²) in [7, 11) is 1.35. The van der Waals surface area contributed by atoms with Crippen LogP contribution in [0.2, 0.25) is 0 Å². The number of hydrogen-bond donors (Lipinski definition) is 0. The molecule has 0 atom stereocenters. The molecule has 0 aliphatic carbocycles. The first-order chi connectivity index (χ1) is 17.7. The number of carbonyl (C=O) groups excluding carboxylic acids is 1. The second kappa shape index (κ2) is 13.0. The van der Waals surface area contributed by atoms with Crippen LogP contribution >= 0.6 is 0 Å². The van der Waals surface area contributed by atoms with E-state index in [9.17, 15) is 4.79 Å². The molecule has 3 aromatic rings. The number of allylic oxidation sites excluding steroid dienone is 1. The van der Waals surface area contributed by atoms with Crippen LogP contribution in [0.1, 0.15) is 44.4 Å². The zero-order valence-corrected chi connectivity index (χ0v) is 21.4. The fourth-order valence-electron chi connectivity index (χ4n) is 3.79. The van der Waals surface area contributed by atoms with Crippen molar-refractivity contribution in [1.29, 1.82) is 0 Å². The molecule has 0 N–H and O–H groups in total. The second-order valence-electron chi connectivity index (χ2n) is 7.40. The van der Waals surface area contributed by atoms with E-state index in [1.165, 1.54) is 7.11 Å². The van der Waals surface area contributed by atoms with Gasteiger partial charge in [0, 0.05) is 11.8 Å². The monoisotopic (exact) mass is 484 g/mol. The van der Waals surface area contributed by atoms with E-state index in [0.29, 0.717) is 23.0 Å². The lowest BCUT2D eigenvalue weighted by atomic mass is 9.95. The Hall–Kier alpha value is -4.32. The van der Waals surface area contributed by atoms with Crippen LogP contribution in [0.3, 0.4) is 0 Å². The normalized spacial score (nSPS) is 13.7. The van der Waals surface area contributed by atoms with Crippen molar-refractivity contribution >= 4 is 23.6 Å². The number of para-hydroxylation sites is 1. The van der Waals surface area contributed by atoms with Gasteiger partial charge < -0.3 is 14.2 Å². The summed E-state index contributed by atoms with van der Waals surface area (Å²) in [5.41, 5.74) is 3.36. The zero-order valence-electron chi connectivity index (χ0n) is 21.4. The fraction of sp³-hybridized carbons (Fsp3) is 0.200. The first-order valence-corrected chi connectivity index (χ1v) is 12.0. The van der Waals surface area contributed by atoms with E-state index in [-0.39, 0.29) is 12.3 Å². The molecule has 0 spiro atoms. The third-order valence-corrected chi connectivity index (χ3v) is 5.26. The smallest absolute Gasteiger partial charge is 0.360 e. The molecule has 1 heterocycles. The summed E-state index contributed by atoms with van der Waals surface area (Å²) >= 11 is 0. The highest BCUT2D eigenvalue weighted by Gasteiger charge is 2.37. The highest BCUT2D eigenvalue weighted by molar-refractivity contribution is 6.02. The van der Waals surface area contributed by atoms with Crippen LogP contribution in [0.4, 0.5) is 0 Å². The van der Waals surface area contributed by atoms with Gasteiger partial charge in [-0.2, -0.15) is 5.10 Å². The Kier molecular flexibility index (Phi) is 9.46. The van der Waals surface area contributed by atoms with E-state index in [0.717, 1.165) is 16.7 Å². The maximum Gasteiger partial charge on any atom is 0.360 e. The maximum absolute atomic E-state index is 13.0. The van der Waals surface area contributed by atoms with Gasteiger partial charge in [-0.15, -0.1) is 0 Å². The van der Waals surface area contributed by atoms with E-state index < -0.39 is 5.97 Å². The highest BCUT2D eigenvalue weighted by Crippen LogP contribution is 2.45. The number of methoxy groups -OCH3 is 1.